The highest BCUT2D eigenvalue weighted by Crippen LogP contribution is 2.33. The first-order valence-corrected chi connectivity index (χ1v) is 8.80. The summed E-state index contributed by atoms with van der Waals surface area (Å²) in [5.41, 5.74) is 0.730. The van der Waals surface area contributed by atoms with Gasteiger partial charge in [0.2, 0.25) is 11.8 Å². The molecule has 3 rings (SSSR count). The van der Waals surface area contributed by atoms with Crippen LogP contribution in [0.15, 0.2) is 42.5 Å². The molecule has 1 saturated heterocycles. The normalized spacial score (nSPS) is 13.7. The van der Waals surface area contributed by atoms with E-state index in [1.165, 1.54) is 19.3 Å². The Morgan fingerprint density at radius 3 is 2.76 bits per heavy atom. The predicted molar refractivity (Wildman–Crippen MR) is 105 cm³/mol. The highest BCUT2D eigenvalue weighted by atomic mass is 19.1. The highest BCUT2D eigenvalue weighted by molar-refractivity contribution is 6.03. The minimum absolute atomic E-state index is 0.0175. The quantitative estimate of drug-likeness (QED) is 0.455. The van der Waals surface area contributed by atoms with E-state index in [1.54, 1.807) is 23.1 Å². The number of halogens is 1. The molecule has 0 aromatic heterocycles. The number of anilines is 2. The molecule has 1 heterocycles. The number of hydrogen-bond acceptors (Lipinski definition) is 5. The minimum atomic E-state index is -0.734. The molecule has 2 aromatic carbocycles. The molecule has 2 aromatic rings. The topological polar surface area (TPSA) is 102 Å². The van der Waals surface area contributed by atoms with Crippen LogP contribution >= 0.6 is 0 Å². The molecule has 0 unspecified atom stereocenters. The molecule has 150 valence electrons. The van der Waals surface area contributed by atoms with Crippen molar-refractivity contribution in [1.29, 1.82) is 0 Å². The molecule has 1 fully saturated rings. The van der Waals surface area contributed by atoms with Crippen molar-refractivity contribution in [3.63, 3.8) is 0 Å². The largest absolute Gasteiger partial charge is 0.494 e. The average molecular weight is 399 g/mol. The van der Waals surface area contributed by atoms with E-state index in [0.29, 0.717) is 30.1 Å². The first-order valence-electron chi connectivity index (χ1n) is 8.80. The molecule has 2 amide bonds. The van der Waals surface area contributed by atoms with Gasteiger partial charge in [-0.05, 0) is 36.8 Å². The van der Waals surface area contributed by atoms with Crippen molar-refractivity contribution in [3.05, 3.63) is 64.0 Å². The van der Waals surface area contributed by atoms with E-state index in [9.17, 15) is 24.1 Å². The molecule has 0 aliphatic carbocycles. The van der Waals surface area contributed by atoms with E-state index in [1.807, 2.05) is 0 Å². The zero-order chi connectivity index (χ0) is 21.0. The van der Waals surface area contributed by atoms with Gasteiger partial charge in [-0.15, -0.1) is 0 Å². The Balaban J connectivity index is 1.75. The fourth-order valence-electron chi connectivity index (χ4n) is 3.05. The number of nitrogens with zero attached hydrogens (tertiary/aromatic N) is 2. The lowest BCUT2D eigenvalue weighted by molar-refractivity contribution is -0.385. The monoisotopic (exact) mass is 399 g/mol. The molecule has 9 heteroatoms. The number of rotatable bonds is 6. The van der Waals surface area contributed by atoms with E-state index < -0.39 is 22.3 Å². The highest BCUT2D eigenvalue weighted by Gasteiger charge is 2.24. The van der Waals surface area contributed by atoms with Crippen LogP contribution in [-0.2, 0) is 9.59 Å². The molecule has 0 bridgehead atoms. The number of benzene rings is 2. The van der Waals surface area contributed by atoms with Gasteiger partial charge in [0, 0.05) is 30.8 Å². The maximum Gasteiger partial charge on any atom is 0.279 e. The Hall–Kier alpha value is -3.75. The minimum Gasteiger partial charge on any atom is -0.494 e. The van der Waals surface area contributed by atoms with Crippen molar-refractivity contribution in [2.24, 2.45) is 0 Å². The van der Waals surface area contributed by atoms with E-state index in [4.69, 9.17) is 4.74 Å². The van der Waals surface area contributed by atoms with E-state index in [0.717, 1.165) is 24.6 Å². The fourth-order valence-corrected chi connectivity index (χ4v) is 3.05. The van der Waals surface area contributed by atoms with Crippen LogP contribution in [0, 0.1) is 15.9 Å². The second-order valence-corrected chi connectivity index (χ2v) is 6.32. The Bertz CT molecular complexity index is 1010. The predicted octanol–water partition coefficient (Wildman–Crippen LogP) is 3.52. The Kier molecular flexibility index (Phi) is 5.87. The smallest absolute Gasteiger partial charge is 0.279 e. The van der Waals surface area contributed by atoms with Crippen LogP contribution in [0.3, 0.4) is 0 Å². The fraction of sp³-hybridized carbons (Fsp3) is 0.200. The average Bonchev–Trinajstić information content (AvgIpc) is 3.12. The number of methoxy groups -OCH3 is 1. The SMILES string of the molecule is COc1cc(NC(=O)/C=C\c2ccc(F)cc2[N+](=O)[O-])ccc1N1CCCC1=O. The lowest BCUT2D eigenvalue weighted by Gasteiger charge is -2.19. The molecular weight excluding hydrogens is 381 g/mol. The summed E-state index contributed by atoms with van der Waals surface area (Å²) >= 11 is 0. The third-order valence-electron chi connectivity index (χ3n) is 4.41. The summed E-state index contributed by atoms with van der Waals surface area (Å²) in [6.45, 7) is 0.611. The summed E-state index contributed by atoms with van der Waals surface area (Å²) in [5, 5.41) is 13.6. The first kappa shape index (κ1) is 20.0. The summed E-state index contributed by atoms with van der Waals surface area (Å²) in [6, 6.07) is 8.01. The number of ether oxygens (including phenoxy) is 1. The number of carbonyl (C=O) groups is 2. The molecule has 1 aliphatic rings. The van der Waals surface area contributed by atoms with Crippen LogP contribution in [0.4, 0.5) is 21.5 Å². The number of nitrogens with one attached hydrogen (secondary N) is 1. The molecule has 29 heavy (non-hydrogen) atoms. The van der Waals surface area contributed by atoms with Crippen molar-refractivity contribution >= 4 is 35.0 Å². The number of nitro groups is 1. The summed E-state index contributed by atoms with van der Waals surface area (Å²) in [7, 11) is 1.47. The number of hydrogen-bond donors (Lipinski definition) is 1. The van der Waals surface area contributed by atoms with Gasteiger partial charge in [0.25, 0.3) is 5.69 Å². The van der Waals surface area contributed by atoms with Crippen molar-refractivity contribution < 1.29 is 23.6 Å². The van der Waals surface area contributed by atoms with Crippen LogP contribution in [0.25, 0.3) is 6.08 Å². The van der Waals surface area contributed by atoms with Crippen molar-refractivity contribution in [3.8, 4) is 5.75 Å². The van der Waals surface area contributed by atoms with E-state index in [-0.39, 0.29) is 11.5 Å². The zero-order valence-electron chi connectivity index (χ0n) is 15.6. The van der Waals surface area contributed by atoms with E-state index in [2.05, 4.69) is 5.32 Å². The second-order valence-electron chi connectivity index (χ2n) is 6.32. The van der Waals surface area contributed by atoms with Gasteiger partial charge in [-0.3, -0.25) is 19.7 Å². The maximum absolute atomic E-state index is 13.2. The Labute approximate surface area is 165 Å². The molecular formula is C20H18FN3O5. The molecule has 0 saturated carbocycles. The number of carbonyl (C=O) groups excluding carboxylic acids is 2. The standard InChI is InChI=1S/C20H18FN3O5/c1-29-18-12-15(7-8-16(18)23-10-2-3-20(23)26)22-19(25)9-5-13-4-6-14(21)11-17(13)24(27)28/h4-9,11-12H,2-3,10H2,1H3,(H,22,25)/b9-5-. The summed E-state index contributed by atoms with van der Waals surface area (Å²) in [4.78, 5) is 36.0. The molecule has 0 atom stereocenters. The number of amides is 2. The molecule has 0 radical (unpaired) electrons. The van der Waals surface area contributed by atoms with Gasteiger partial charge >= 0.3 is 0 Å². The third kappa shape index (κ3) is 4.57. The van der Waals surface area contributed by atoms with Gasteiger partial charge in [0.15, 0.2) is 0 Å². The summed E-state index contributed by atoms with van der Waals surface area (Å²) < 4.78 is 18.5. The van der Waals surface area contributed by atoms with Crippen LogP contribution in [0.5, 0.6) is 5.75 Å². The molecule has 8 nitrogen and oxygen atoms in total. The molecule has 0 spiro atoms. The molecule has 1 N–H and O–H groups in total. The maximum atomic E-state index is 13.2. The van der Waals surface area contributed by atoms with Gasteiger partial charge in [-0.2, -0.15) is 0 Å². The zero-order valence-corrected chi connectivity index (χ0v) is 15.6. The van der Waals surface area contributed by atoms with Gasteiger partial charge in [0.1, 0.15) is 11.6 Å². The van der Waals surface area contributed by atoms with Crippen molar-refractivity contribution in [2.45, 2.75) is 12.8 Å². The molecule has 1 aliphatic heterocycles. The van der Waals surface area contributed by atoms with Crippen LogP contribution < -0.4 is 15.0 Å². The second kappa shape index (κ2) is 8.51. The van der Waals surface area contributed by atoms with Gasteiger partial charge < -0.3 is 15.0 Å². The van der Waals surface area contributed by atoms with Crippen LogP contribution in [0.1, 0.15) is 18.4 Å². The van der Waals surface area contributed by atoms with E-state index >= 15 is 0 Å². The van der Waals surface area contributed by atoms with Gasteiger partial charge in [0.05, 0.1) is 29.4 Å². The Morgan fingerprint density at radius 2 is 2.10 bits per heavy atom. The van der Waals surface area contributed by atoms with Crippen LogP contribution in [-0.4, -0.2) is 30.4 Å². The summed E-state index contributed by atoms with van der Waals surface area (Å²) in [6.07, 6.45) is 3.62. The number of nitro benzene ring substituents is 1. The first-order chi connectivity index (χ1) is 13.9. The van der Waals surface area contributed by atoms with Crippen LogP contribution in [0.2, 0.25) is 0 Å². The lowest BCUT2D eigenvalue weighted by Crippen LogP contribution is -2.24. The Morgan fingerprint density at radius 1 is 1.31 bits per heavy atom. The van der Waals surface area contributed by atoms with Gasteiger partial charge in [-0.1, -0.05) is 0 Å². The van der Waals surface area contributed by atoms with Crippen molar-refractivity contribution in [1.82, 2.24) is 0 Å². The van der Waals surface area contributed by atoms with Gasteiger partial charge in [-0.25, -0.2) is 4.39 Å². The third-order valence-corrected chi connectivity index (χ3v) is 4.41. The van der Waals surface area contributed by atoms with Crippen molar-refractivity contribution in [2.75, 3.05) is 23.9 Å². The summed E-state index contributed by atoms with van der Waals surface area (Å²) in [5.74, 6) is -0.808. The lowest BCUT2D eigenvalue weighted by atomic mass is 10.1.